The van der Waals surface area contributed by atoms with Gasteiger partial charge in [-0.2, -0.15) is 5.10 Å². The van der Waals surface area contributed by atoms with E-state index in [0.29, 0.717) is 6.04 Å². The minimum absolute atomic E-state index is 0.629. The molecule has 112 valence electrons. The van der Waals surface area contributed by atoms with Gasteiger partial charge in [-0.05, 0) is 74.4 Å². The van der Waals surface area contributed by atoms with E-state index in [1.165, 1.54) is 46.1 Å². The molecule has 0 saturated carbocycles. The first-order valence-corrected chi connectivity index (χ1v) is 8.51. The van der Waals surface area contributed by atoms with Crippen molar-refractivity contribution in [3.05, 3.63) is 51.3 Å². The van der Waals surface area contributed by atoms with Crippen molar-refractivity contribution in [1.82, 2.24) is 15.5 Å². The maximum Gasteiger partial charge on any atom is 0.0522 e. The molecule has 1 heterocycles. The molecule has 0 bridgehead atoms. The Morgan fingerprint density at radius 3 is 3.10 bits per heavy atom. The van der Waals surface area contributed by atoms with Crippen molar-refractivity contribution in [3.63, 3.8) is 0 Å². The Labute approximate surface area is 134 Å². The van der Waals surface area contributed by atoms with Crippen molar-refractivity contribution in [2.24, 2.45) is 0 Å². The lowest BCUT2D eigenvalue weighted by Gasteiger charge is -2.25. The van der Waals surface area contributed by atoms with E-state index in [0.717, 1.165) is 19.4 Å². The molecular weight excluding hydrogens is 326 g/mol. The van der Waals surface area contributed by atoms with Crippen LogP contribution < -0.4 is 5.32 Å². The van der Waals surface area contributed by atoms with E-state index in [4.69, 9.17) is 0 Å². The zero-order valence-electron chi connectivity index (χ0n) is 12.5. The monoisotopic (exact) mass is 347 g/mol. The quantitative estimate of drug-likeness (QED) is 0.812. The number of H-pyrrole nitrogens is 1. The number of aromatic nitrogens is 2. The summed E-state index contributed by atoms with van der Waals surface area (Å²) < 4.78 is 1.20. The largest absolute Gasteiger partial charge is 0.314 e. The molecule has 1 aromatic carbocycles. The van der Waals surface area contributed by atoms with E-state index in [-0.39, 0.29) is 0 Å². The summed E-state index contributed by atoms with van der Waals surface area (Å²) in [6, 6.07) is 7.32. The lowest BCUT2D eigenvalue weighted by atomic mass is 9.88. The fourth-order valence-corrected chi connectivity index (χ4v) is 3.52. The number of aromatic amines is 1. The average molecular weight is 348 g/mol. The van der Waals surface area contributed by atoms with E-state index < -0.39 is 0 Å². The normalized spacial score (nSPS) is 17.7. The lowest BCUT2D eigenvalue weighted by molar-refractivity contribution is 0.454. The van der Waals surface area contributed by atoms with Crippen molar-refractivity contribution < 1.29 is 0 Å². The molecule has 0 amide bonds. The number of aryl methyl sites for hydroxylation is 3. The third-order valence-corrected chi connectivity index (χ3v) is 4.88. The van der Waals surface area contributed by atoms with Gasteiger partial charge in [-0.15, -0.1) is 0 Å². The summed E-state index contributed by atoms with van der Waals surface area (Å²) in [4.78, 5) is 0. The van der Waals surface area contributed by atoms with Crippen LogP contribution in [0.5, 0.6) is 0 Å². The van der Waals surface area contributed by atoms with Gasteiger partial charge in [0.25, 0.3) is 0 Å². The fourth-order valence-electron chi connectivity index (χ4n) is 3.11. The molecular formula is C17H22BrN3. The highest BCUT2D eigenvalue weighted by Gasteiger charge is 2.17. The van der Waals surface area contributed by atoms with E-state index >= 15 is 0 Å². The highest BCUT2D eigenvalue weighted by Crippen LogP contribution is 2.24. The molecule has 0 aliphatic heterocycles. The Balaban J connectivity index is 1.45. The summed E-state index contributed by atoms with van der Waals surface area (Å²) >= 11 is 3.56. The van der Waals surface area contributed by atoms with Crippen molar-refractivity contribution >= 4 is 15.9 Å². The molecule has 0 radical (unpaired) electrons. The summed E-state index contributed by atoms with van der Waals surface area (Å²) in [6.45, 7) is 3.17. The predicted molar refractivity (Wildman–Crippen MR) is 89.6 cm³/mol. The first kappa shape index (κ1) is 14.8. The van der Waals surface area contributed by atoms with Gasteiger partial charge in [0.15, 0.2) is 0 Å². The Kier molecular flexibility index (Phi) is 4.76. The molecule has 1 aliphatic carbocycles. The number of rotatable bonds is 5. The average Bonchev–Trinajstić information content (AvgIpc) is 2.89. The topological polar surface area (TPSA) is 40.7 Å². The van der Waals surface area contributed by atoms with Gasteiger partial charge in [-0.3, -0.25) is 5.10 Å². The SMILES string of the molecule is Cc1[nH]ncc1CCCNC1CCc2cc(Br)ccc2C1. The van der Waals surface area contributed by atoms with Crippen LogP contribution in [0, 0.1) is 6.92 Å². The second kappa shape index (κ2) is 6.75. The van der Waals surface area contributed by atoms with Crippen LogP contribution in [-0.4, -0.2) is 22.8 Å². The Morgan fingerprint density at radius 2 is 2.29 bits per heavy atom. The molecule has 0 saturated heterocycles. The first-order valence-electron chi connectivity index (χ1n) is 7.72. The van der Waals surface area contributed by atoms with Crippen molar-refractivity contribution in [1.29, 1.82) is 0 Å². The molecule has 1 atom stereocenters. The van der Waals surface area contributed by atoms with Gasteiger partial charge < -0.3 is 5.32 Å². The minimum atomic E-state index is 0.629. The number of halogens is 1. The maximum absolute atomic E-state index is 4.07. The Bertz CT molecular complexity index is 606. The second-order valence-corrected chi connectivity index (χ2v) is 6.85. The molecule has 1 unspecified atom stereocenters. The second-order valence-electron chi connectivity index (χ2n) is 5.93. The molecule has 0 spiro atoms. The third-order valence-electron chi connectivity index (χ3n) is 4.39. The Hall–Kier alpha value is -1.13. The molecule has 3 rings (SSSR count). The number of fused-ring (bicyclic) bond motifs is 1. The van der Waals surface area contributed by atoms with Crippen molar-refractivity contribution in [2.45, 2.75) is 45.1 Å². The molecule has 21 heavy (non-hydrogen) atoms. The fraction of sp³-hybridized carbons (Fsp3) is 0.471. The molecule has 1 aliphatic rings. The number of nitrogens with one attached hydrogen (secondary N) is 2. The third kappa shape index (κ3) is 3.74. The predicted octanol–water partition coefficient (Wildman–Crippen LogP) is 3.56. The van der Waals surface area contributed by atoms with Gasteiger partial charge in [-0.25, -0.2) is 0 Å². The minimum Gasteiger partial charge on any atom is -0.314 e. The summed E-state index contributed by atoms with van der Waals surface area (Å²) in [7, 11) is 0. The molecule has 2 N–H and O–H groups in total. The van der Waals surface area contributed by atoms with E-state index in [1.807, 2.05) is 6.20 Å². The van der Waals surface area contributed by atoms with Crippen LogP contribution >= 0.6 is 15.9 Å². The lowest BCUT2D eigenvalue weighted by Crippen LogP contribution is -2.35. The van der Waals surface area contributed by atoms with Crippen LogP contribution in [0.25, 0.3) is 0 Å². The molecule has 0 fully saturated rings. The van der Waals surface area contributed by atoms with E-state index in [9.17, 15) is 0 Å². The van der Waals surface area contributed by atoms with Gasteiger partial charge in [0.2, 0.25) is 0 Å². The summed E-state index contributed by atoms with van der Waals surface area (Å²) in [5, 5.41) is 10.8. The summed E-state index contributed by atoms with van der Waals surface area (Å²) in [6.07, 6.45) is 7.81. The zero-order chi connectivity index (χ0) is 14.7. The molecule has 1 aromatic heterocycles. The van der Waals surface area contributed by atoms with Gasteiger partial charge >= 0.3 is 0 Å². The number of hydrogen-bond donors (Lipinski definition) is 2. The summed E-state index contributed by atoms with van der Waals surface area (Å²) in [5.41, 5.74) is 5.56. The summed E-state index contributed by atoms with van der Waals surface area (Å²) in [5.74, 6) is 0. The molecule has 2 aromatic rings. The van der Waals surface area contributed by atoms with Crippen LogP contribution in [0.3, 0.4) is 0 Å². The first-order chi connectivity index (χ1) is 10.2. The standard InChI is InChI=1S/C17H22BrN3/c1-12-15(11-20-21-12)3-2-8-19-17-7-5-13-9-16(18)6-4-14(13)10-17/h4,6,9,11,17,19H,2-3,5,7-8,10H2,1H3,(H,20,21). The van der Waals surface area contributed by atoms with Gasteiger partial charge in [0.05, 0.1) is 6.20 Å². The Morgan fingerprint density at radius 1 is 1.38 bits per heavy atom. The maximum atomic E-state index is 4.07. The van der Waals surface area contributed by atoms with Crippen molar-refractivity contribution in [3.8, 4) is 0 Å². The van der Waals surface area contributed by atoms with Crippen molar-refractivity contribution in [2.75, 3.05) is 6.54 Å². The molecule has 4 heteroatoms. The zero-order valence-corrected chi connectivity index (χ0v) is 14.0. The highest BCUT2D eigenvalue weighted by molar-refractivity contribution is 9.10. The highest BCUT2D eigenvalue weighted by atomic mass is 79.9. The van der Waals surface area contributed by atoms with Crippen LogP contribution in [0.1, 0.15) is 35.2 Å². The van der Waals surface area contributed by atoms with Crippen LogP contribution in [-0.2, 0) is 19.3 Å². The number of nitrogens with zero attached hydrogens (tertiary/aromatic N) is 1. The van der Waals surface area contributed by atoms with Gasteiger partial charge in [0.1, 0.15) is 0 Å². The van der Waals surface area contributed by atoms with E-state index in [1.54, 1.807) is 0 Å². The smallest absolute Gasteiger partial charge is 0.0522 e. The molecule has 3 nitrogen and oxygen atoms in total. The van der Waals surface area contributed by atoms with Crippen LogP contribution in [0.2, 0.25) is 0 Å². The number of hydrogen-bond acceptors (Lipinski definition) is 2. The van der Waals surface area contributed by atoms with E-state index in [2.05, 4.69) is 56.6 Å². The number of benzene rings is 1. The van der Waals surface area contributed by atoms with Gasteiger partial charge in [-0.1, -0.05) is 22.0 Å². The van der Waals surface area contributed by atoms with Gasteiger partial charge in [0, 0.05) is 16.2 Å². The van der Waals surface area contributed by atoms with Crippen LogP contribution in [0.4, 0.5) is 0 Å². The van der Waals surface area contributed by atoms with Crippen LogP contribution in [0.15, 0.2) is 28.9 Å².